The van der Waals surface area contributed by atoms with Gasteiger partial charge in [-0.1, -0.05) is 41.5 Å². The van der Waals surface area contributed by atoms with E-state index in [1.807, 2.05) is 67.2 Å². The third-order valence-electron chi connectivity index (χ3n) is 7.32. The summed E-state index contributed by atoms with van der Waals surface area (Å²) in [4.78, 5) is 49.3. The Morgan fingerprint density at radius 1 is 0.846 bits per heavy atom. The summed E-state index contributed by atoms with van der Waals surface area (Å²) >= 11 is 3.59. The van der Waals surface area contributed by atoms with E-state index in [9.17, 15) is 19.2 Å². The molecule has 0 aromatic heterocycles. The van der Waals surface area contributed by atoms with E-state index in [1.165, 1.54) is 6.92 Å². The van der Waals surface area contributed by atoms with E-state index in [1.54, 1.807) is 18.7 Å². The van der Waals surface area contributed by atoms with Crippen LogP contribution in [0, 0.1) is 11.3 Å². The Morgan fingerprint density at radius 2 is 1.36 bits per heavy atom. The van der Waals surface area contributed by atoms with Crippen LogP contribution in [0.1, 0.15) is 101 Å². The second-order valence-electron chi connectivity index (χ2n) is 12.8. The van der Waals surface area contributed by atoms with Gasteiger partial charge in [0.05, 0.1) is 17.7 Å². The van der Waals surface area contributed by atoms with Crippen molar-refractivity contribution in [2.24, 2.45) is 11.3 Å². The number of ether oxygens (including phenoxy) is 1. The highest BCUT2D eigenvalue weighted by molar-refractivity contribution is 8.04. The largest absolute Gasteiger partial charge is 0.376 e. The van der Waals surface area contributed by atoms with Crippen LogP contribution in [0.4, 0.5) is 0 Å². The summed E-state index contributed by atoms with van der Waals surface area (Å²) < 4.78 is 6.06. The Bertz CT molecular complexity index is 828. The molecule has 0 radical (unpaired) electrons. The van der Waals surface area contributed by atoms with Gasteiger partial charge in [-0.05, 0) is 53.4 Å². The first-order chi connectivity index (χ1) is 17.9. The Kier molecular flexibility index (Phi) is 15.3. The van der Waals surface area contributed by atoms with E-state index in [4.69, 9.17) is 4.74 Å². The Balaban J connectivity index is 2.46. The Hall–Kier alpha value is -0.900. The average Bonchev–Trinajstić information content (AvgIpc) is 2.79. The molecule has 2 N–H and O–H groups in total. The number of hydrogen-bond donors (Lipinski definition) is 2. The van der Waals surface area contributed by atoms with Gasteiger partial charge >= 0.3 is 0 Å². The summed E-state index contributed by atoms with van der Waals surface area (Å²) in [7, 11) is 0. The number of nitrogens with one attached hydrogen (secondary N) is 2. The fourth-order valence-corrected chi connectivity index (χ4v) is 7.75. The molecule has 1 fully saturated rings. The van der Waals surface area contributed by atoms with Gasteiger partial charge < -0.3 is 15.4 Å². The first kappa shape index (κ1) is 36.1. The number of hydrogen-bond acceptors (Lipinski definition) is 8. The van der Waals surface area contributed by atoms with Crippen molar-refractivity contribution in [1.82, 2.24) is 10.6 Å². The van der Waals surface area contributed by atoms with Gasteiger partial charge in [0, 0.05) is 52.4 Å². The van der Waals surface area contributed by atoms with Gasteiger partial charge in [-0.25, -0.2) is 0 Å². The Morgan fingerprint density at radius 3 is 1.79 bits per heavy atom. The first-order valence-electron chi connectivity index (χ1n) is 14.4. The van der Waals surface area contributed by atoms with Crippen LogP contribution in [0.2, 0.25) is 0 Å². The highest BCUT2D eigenvalue weighted by atomic mass is 32.2. The minimum Gasteiger partial charge on any atom is -0.376 e. The molecule has 1 amide bonds. The van der Waals surface area contributed by atoms with E-state index in [-0.39, 0.29) is 47.7 Å². The molecule has 0 spiro atoms. The fraction of sp³-hybridized carbons (Fsp3) is 0.867. The maximum atomic E-state index is 12.7. The minimum absolute atomic E-state index is 0.0101. The third kappa shape index (κ3) is 13.5. The van der Waals surface area contributed by atoms with E-state index < -0.39 is 17.1 Å². The predicted molar refractivity (Wildman–Crippen MR) is 165 cm³/mol. The van der Waals surface area contributed by atoms with Crippen LogP contribution in [0.25, 0.3) is 0 Å². The minimum atomic E-state index is -0.507. The molecular weight excluding hydrogens is 532 g/mol. The molecule has 1 aliphatic carbocycles. The van der Waals surface area contributed by atoms with Crippen molar-refractivity contribution in [3.05, 3.63) is 0 Å². The number of carbonyl (C=O) groups is 4. The van der Waals surface area contributed by atoms with E-state index >= 15 is 0 Å². The van der Waals surface area contributed by atoms with Crippen molar-refractivity contribution in [3.8, 4) is 0 Å². The monoisotopic (exact) mass is 586 g/mol. The maximum absolute atomic E-state index is 12.7. The zero-order valence-electron chi connectivity index (χ0n) is 26.0. The number of carbonyl (C=O) groups excluding carboxylic acids is 4. The molecule has 0 aliphatic heterocycles. The molecule has 9 heteroatoms. The number of ketones is 3. The lowest BCUT2D eigenvalue weighted by Crippen LogP contribution is -2.44. The quantitative estimate of drug-likeness (QED) is 0.200. The second kappa shape index (κ2) is 16.5. The number of Topliss-reactive ketones (excluding diaryl/α,β-unsaturated/α-hetero) is 3. The molecule has 1 aliphatic rings. The van der Waals surface area contributed by atoms with Crippen LogP contribution in [0.5, 0.6) is 0 Å². The molecule has 1 saturated carbocycles. The lowest BCUT2D eigenvalue weighted by atomic mass is 9.80. The van der Waals surface area contributed by atoms with Crippen LogP contribution in [0.15, 0.2) is 0 Å². The number of rotatable bonds is 20. The van der Waals surface area contributed by atoms with Gasteiger partial charge in [-0.3, -0.25) is 19.2 Å². The standard InChI is InChI=1S/C30H54N2O5S2/c1-19(2)28(36)29(7,8)15-16-37-30(9,10)14-13-27(35)32-24(22(6)34)18-39-26-12-11-25(26)38-17-23(21(5)33)31-20(3)4/h19-20,23-26,31H,11-18H2,1-10H3,(H,32,35). The summed E-state index contributed by atoms with van der Waals surface area (Å²) in [6, 6.07) is -0.378. The van der Waals surface area contributed by atoms with Gasteiger partial charge in [-0.15, -0.1) is 0 Å². The molecule has 1 rings (SSSR count). The van der Waals surface area contributed by atoms with Gasteiger partial charge in [0.2, 0.25) is 5.91 Å². The highest BCUT2D eigenvalue weighted by Crippen LogP contribution is 2.40. The topological polar surface area (TPSA) is 102 Å². The number of thioether (sulfide) groups is 2. The molecule has 7 nitrogen and oxygen atoms in total. The zero-order chi connectivity index (χ0) is 30.0. The van der Waals surface area contributed by atoms with Gasteiger partial charge in [0.15, 0.2) is 5.78 Å². The lowest BCUT2D eigenvalue weighted by Gasteiger charge is -2.37. The summed E-state index contributed by atoms with van der Waals surface area (Å²) in [6.45, 7) is 19.4. The summed E-state index contributed by atoms with van der Waals surface area (Å²) in [6.07, 6.45) is 3.64. The predicted octanol–water partition coefficient (Wildman–Crippen LogP) is 5.23. The van der Waals surface area contributed by atoms with Crippen LogP contribution >= 0.6 is 23.5 Å². The van der Waals surface area contributed by atoms with Gasteiger partial charge in [0.1, 0.15) is 11.6 Å². The van der Waals surface area contributed by atoms with Crippen molar-refractivity contribution in [3.63, 3.8) is 0 Å². The smallest absolute Gasteiger partial charge is 0.220 e. The molecule has 4 unspecified atom stereocenters. The average molecular weight is 587 g/mol. The van der Waals surface area contributed by atoms with Crippen molar-refractivity contribution >= 4 is 46.8 Å². The normalized spacial score (nSPS) is 19.5. The SMILES string of the molecule is CC(=O)C(CSC1CCC1SCC(NC(C)C)C(C)=O)NC(=O)CCC(C)(C)OCCC(C)(C)C(=O)C(C)C. The highest BCUT2D eigenvalue weighted by Gasteiger charge is 2.34. The molecule has 0 heterocycles. The molecule has 4 atom stereocenters. The summed E-state index contributed by atoms with van der Waals surface area (Å²) in [5, 5.41) is 7.17. The van der Waals surface area contributed by atoms with E-state index in [0.717, 1.165) is 18.6 Å². The third-order valence-corrected chi connectivity index (χ3v) is 10.5. The van der Waals surface area contributed by atoms with Crippen LogP contribution in [0.3, 0.4) is 0 Å². The van der Waals surface area contributed by atoms with Gasteiger partial charge in [0.25, 0.3) is 0 Å². The molecule has 39 heavy (non-hydrogen) atoms. The lowest BCUT2D eigenvalue weighted by molar-refractivity contribution is -0.132. The number of amides is 1. The van der Waals surface area contributed by atoms with E-state index in [0.29, 0.717) is 35.7 Å². The van der Waals surface area contributed by atoms with E-state index in [2.05, 4.69) is 10.6 Å². The molecule has 0 aromatic rings. The zero-order valence-corrected chi connectivity index (χ0v) is 27.6. The van der Waals surface area contributed by atoms with Crippen LogP contribution < -0.4 is 10.6 Å². The maximum Gasteiger partial charge on any atom is 0.220 e. The molecular formula is C30H54N2O5S2. The summed E-state index contributed by atoms with van der Waals surface area (Å²) in [5.41, 5.74) is -0.945. The Labute approximate surface area is 245 Å². The second-order valence-corrected chi connectivity index (χ2v) is 15.3. The van der Waals surface area contributed by atoms with Crippen LogP contribution in [-0.4, -0.2) is 75.6 Å². The van der Waals surface area contributed by atoms with Crippen molar-refractivity contribution in [2.45, 2.75) is 136 Å². The van der Waals surface area contributed by atoms with Crippen molar-refractivity contribution in [1.29, 1.82) is 0 Å². The van der Waals surface area contributed by atoms with Crippen molar-refractivity contribution < 1.29 is 23.9 Å². The molecule has 0 bridgehead atoms. The molecule has 226 valence electrons. The van der Waals surface area contributed by atoms with Crippen molar-refractivity contribution in [2.75, 3.05) is 18.1 Å². The van der Waals surface area contributed by atoms with Gasteiger partial charge in [-0.2, -0.15) is 23.5 Å². The first-order valence-corrected chi connectivity index (χ1v) is 16.5. The fourth-order valence-electron chi connectivity index (χ4n) is 4.45. The molecule has 0 saturated heterocycles. The molecule has 0 aromatic carbocycles. The van der Waals surface area contributed by atoms with Crippen LogP contribution in [-0.2, 0) is 23.9 Å². The summed E-state index contributed by atoms with van der Waals surface area (Å²) in [5.74, 6) is 1.51.